The monoisotopic (exact) mass is 466 g/mol. The van der Waals surface area contributed by atoms with E-state index in [4.69, 9.17) is 0 Å². The Balaban J connectivity index is 1.50. The summed E-state index contributed by atoms with van der Waals surface area (Å²) in [5.41, 5.74) is 3.81. The number of carbonyl (C=O) groups excluding carboxylic acids is 1. The van der Waals surface area contributed by atoms with Crippen LogP contribution in [0, 0.1) is 12.7 Å². The predicted molar refractivity (Wildman–Crippen MR) is 130 cm³/mol. The van der Waals surface area contributed by atoms with Gasteiger partial charge in [0.2, 0.25) is 0 Å². The van der Waals surface area contributed by atoms with E-state index in [1.54, 1.807) is 12.1 Å². The fourth-order valence-electron chi connectivity index (χ4n) is 3.83. The van der Waals surface area contributed by atoms with Crippen molar-refractivity contribution in [1.82, 2.24) is 10.6 Å². The summed E-state index contributed by atoms with van der Waals surface area (Å²) in [5, 5.41) is 35.6. The minimum Gasteiger partial charge on any atom is -0.508 e. The van der Waals surface area contributed by atoms with Gasteiger partial charge in [-0.3, -0.25) is 4.79 Å². The van der Waals surface area contributed by atoms with Gasteiger partial charge in [-0.15, -0.1) is 0 Å². The van der Waals surface area contributed by atoms with Crippen LogP contribution in [-0.2, 0) is 12.8 Å². The van der Waals surface area contributed by atoms with E-state index in [9.17, 15) is 24.5 Å². The molecule has 1 amide bonds. The number of rotatable bonds is 10. The first-order valence-corrected chi connectivity index (χ1v) is 11.3. The lowest BCUT2D eigenvalue weighted by molar-refractivity contribution is 0.0954. The van der Waals surface area contributed by atoms with Crippen LogP contribution < -0.4 is 10.6 Å². The van der Waals surface area contributed by atoms with Crippen LogP contribution in [0.5, 0.6) is 11.5 Å². The molecule has 0 aliphatic carbocycles. The second-order valence-corrected chi connectivity index (χ2v) is 8.59. The molecular weight excluding hydrogens is 435 g/mol. The quantitative estimate of drug-likeness (QED) is 0.313. The Morgan fingerprint density at radius 2 is 1.76 bits per heavy atom. The Labute approximate surface area is 199 Å². The van der Waals surface area contributed by atoms with E-state index >= 15 is 0 Å². The standard InChI is InChI=1S/C27H31FN2O4/c1-17-6-7-23(28)12-20(17)8-9-29-27(34)21-5-3-4-19(11-21)10-18(2)30-16-26(33)22-13-24(31)15-25(32)14-22/h3-7,11-15,18,26,30-33H,8-10,16H2,1-2H3,(H,29,34). The van der Waals surface area contributed by atoms with Crippen molar-refractivity contribution in [3.8, 4) is 11.5 Å². The number of hydrogen-bond donors (Lipinski definition) is 5. The molecule has 3 rings (SSSR count). The highest BCUT2D eigenvalue weighted by atomic mass is 19.1. The van der Waals surface area contributed by atoms with E-state index in [0.29, 0.717) is 30.5 Å². The van der Waals surface area contributed by atoms with Crippen molar-refractivity contribution in [2.75, 3.05) is 13.1 Å². The van der Waals surface area contributed by atoms with Crippen LogP contribution in [0.25, 0.3) is 0 Å². The number of phenolic OH excluding ortho intramolecular Hbond substituents is 2. The van der Waals surface area contributed by atoms with Gasteiger partial charge < -0.3 is 26.0 Å². The Hall–Kier alpha value is -3.42. The molecular formula is C27H31FN2O4. The highest BCUT2D eigenvalue weighted by molar-refractivity contribution is 5.94. The van der Waals surface area contributed by atoms with Crippen molar-refractivity contribution in [1.29, 1.82) is 0 Å². The van der Waals surface area contributed by atoms with E-state index in [1.807, 2.05) is 32.0 Å². The fraction of sp³-hybridized carbons (Fsp3) is 0.296. The third-order valence-electron chi connectivity index (χ3n) is 5.69. The van der Waals surface area contributed by atoms with Crippen LogP contribution in [0.4, 0.5) is 4.39 Å². The first-order valence-electron chi connectivity index (χ1n) is 11.3. The van der Waals surface area contributed by atoms with Gasteiger partial charge in [0.25, 0.3) is 5.91 Å². The van der Waals surface area contributed by atoms with Crippen molar-refractivity contribution in [3.05, 3.63) is 94.3 Å². The highest BCUT2D eigenvalue weighted by Gasteiger charge is 2.13. The van der Waals surface area contributed by atoms with Crippen LogP contribution in [0.3, 0.4) is 0 Å². The molecule has 0 spiro atoms. The zero-order valence-corrected chi connectivity index (χ0v) is 19.4. The lowest BCUT2D eigenvalue weighted by Gasteiger charge is -2.18. The predicted octanol–water partition coefficient (Wildman–Crippen LogP) is 3.77. The average Bonchev–Trinajstić information content (AvgIpc) is 2.79. The minimum atomic E-state index is -0.890. The molecule has 180 valence electrons. The summed E-state index contributed by atoms with van der Waals surface area (Å²) in [6.45, 7) is 4.54. The zero-order valence-electron chi connectivity index (χ0n) is 19.4. The maximum atomic E-state index is 13.4. The second-order valence-electron chi connectivity index (χ2n) is 8.59. The highest BCUT2D eigenvalue weighted by Crippen LogP contribution is 2.24. The van der Waals surface area contributed by atoms with Crippen molar-refractivity contribution >= 4 is 5.91 Å². The van der Waals surface area contributed by atoms with Crippen LogP contribution in [-0.4, -0.2) is 40.4 Å². The first kappa shape index (κ1) is 25.2. The Kier molecular flexibility index (Phi) is 8.62. The van der Waals surface area contributed by atoms with Gasteiger partial charge in [-0.1, -0.05) is 18.2 Å². The molecule has 34 heavy (non-hydrogen) atoms. The van der Waals surface area contributed by atoms with Crippen molar-refractivity contribution in [2.45, 2.75) is 38.8 Å². The van der Waals surface area contributed by atoms with Gasteiger partial charge in [0, 0.05) is 30.8 Å². The number of phenols is 2. The van der Waals surface area contributed by atoms with Crippen LogP contribution in [0.15, 0.2) is 60.7 Å². The lowest BCUT2D eigenvalue weighted by Crippen LogP contribution is -2.32. The molecule has 5 N–H and O–H groups in total. The van der Waals surface area contributed by atoms with E-state index in [-0.39, 0.29) is 35.8 Å². The third kappa shape index (κ3) is 7.30. The summed E-state index contributed by atoms with van der Waals surface area (Å²) in [7, 11) is 0. The van der Waals surface area contributed by atoms with Gasteiger partial charge in [-0.25, -0.2) is 4.39 Å². The first-order chi connectivity index (χ1) is 16.2. The molecule has 0 bridgehead atoms. The smallest absolute Gasteiger partial charge is 0.251 e. The maximum absolute atomic E-state index is 13.4. The van der Waals surface area contributed by atoms with Gasteiger partial charge in [-0.05, 0) is 85.3 Å². The molecule has 3 aromatic carbocycles. The van der Waals surface area contributed by atoms with Gasteiger partial charge in [0.05, 0.1) is 6.10 Å². The number of aryl methyl sites for hydroxylation is 1. The molecule has 0 radical (unpaired) electrons. The van der Waals surface area contributed by atoms with Gasteiger partial charge in [0.15, 0.2) is 0 Å². The van der Waals surface area contributed by atoms with E-state index in [2.05, 4.69) is 10.6 Å². The van der Waals surface area contributed by atoms with Crippen molar-refractivity contribution < 1.29 is 24.5 Å². The molecule has 0 aliphatic heterocycles. The number of aromatic hydroxyl groups is 2. The van der Waals surface area contributed by atoms with Crippen LogP contribution in [0.1, 0.15) is 45.6 Å². The molecule has 0 saturated carbocycles. The largest absolute Gasteiger partial charge is 0.508 e. The summed E-state index contributed by atoms with van der Waals surface area (Å²) in [6, 6.07) is 16.1. The van der Waals surface area contributed by atoms with Crippen LogP contribution >= 0.6 is 0 Å². The molecule has 7 heteroatoms. The minimum absolute atomic E-state index is 0.00909. The maximum Gasteiger partial charge on any atom is 0.251 e. The number of aliphatic hydroxyl groups is 1. The normalized spacial score (nSPS) is 12.8. The number of hydrogen-bond acceptors (Lipinski definition) is 5. The molecule has 0 fully saturated rings. The third-order valence-corrected chi connectivity index (χ3v) is 5.69. The molecule has 0 aromatic heterocycles. The van der Waals surface area contributed by atoms with Crippen molar-refractivity contribution in [2.24, 2.45) is 0 Å². The molecule has 0 heterocycles. The lowest BCUT2D eigenvalue weighted by atomic mass is 10.0. The van der Waals surface area contributed by atoms with E-state index in [1.165, 1.54) is 30.3 Å². The molecule has 0 aliphatic rings. The van der Waals surface area contributed by atoms with Crippen LogP contribution in [0.2, 0.25) is 0 Å². The Morgan fingerprint density at radius 1 is 1.03 bits per heavy atom. The van der Waals surface area contributed by atoms with Gasteiger partial charge in [-0.2, -0.15) is 0 Å². The second kappa shape index (κ2) is 11.6. The summed E-state index contributed by atoms with van der Waals surface area (Å²) < 4.78 is 13.4. The molecule has 0 saturated heterocycles. The van der Waals surface area contributed by atoms with Gasteiger partial charge in [0.1, 0.15) is 17.3 Å². The summed E-state index contributed by atoms with van der Waals surface area (Å²) in [5.74, 6) is -0.683. The topological polar surface area (TPSA) is 102 Å². The molecule has 6 nitrogen and oxygen atoms in total. The average molecular weight is 467 g/mol. The van der Waals surface area contributed by atoms with Gasteiger partial charge >= 0.3 is 0 Å². The number of amides is 1. The zero-order chi connectivity index (χ0) is 24.7. The molecule has 2 atom stereocenters. The van der Waals surface area contributed by atoms with E-state index < -0.39 is 6.10 Å². The summed E-state index contributed by atoms with van der Waals surface area (Å²) in [4.78, 5) is 12.6. The Morgan fingerprint density at radius 3 is 2.50 bits per heavy atom. The number of nitrogens with one attached hydrogen (secondary N) is 2. The van der Waals surface area contributed by atoms with E-state index in [0.717, 1.165) is 16.7 Å². The number of benzene rings is 3. The SMILES string of the molecule is Cc1ccc(F)cc1CCNC(=O)c1cccc(CC(C)NCC(O)c2cc(O)cc(O)c2)c1. The summed E-state index contributed by atoms with van der Waals surface area (Å²) >= 11 is 0. The molecule has 3 aromatic rings. The number of halogens is 1. The van der Waals surface area contributed by atoms with Crippen molar-refractivity contribution in [3.63, 3.8) is 0 Å². The number of carbonyl (C=O) groups is 1. The fourth-order valence-corrected chi connectivity index (χ4v) is 3.83. The number of aliphatic hydroxyl groups excluding tert-OH is 1. The Bertz CT molecular complexity index is 1120. The molecule has 2 unspecified atom stereocenters. The summed E-state index contributed by atoms with van der Waals surface area (Å²) in [6.07, 6.45) is 0.302.